The Balaban J connectivity index is 1.69. The Morgan fingerprint density at radius 2 is 1.69 bits per heavy atom. The van der Waals surface area contributed by atoms with Crippen molar-refractivity contribution in [3.8, 4) is 0 Å². The lowest BCUT2D eigenvalue weighted by Gasteiger charge is -2.30. The van der Waals surface area contributed by atoms with Gasteiger partial charge >= 0.3 is 5.97 Å². The standard InChI is InChI=1S/C23H16FNO3S/c24-18-11-7-16(8-12-18)14-25-19-3-1-2-4-20(19)29-21(22(25)26)13-15-5-9-17(10-6-15)23(27)28/h1-13H,14H2,(H,27,28)/b21-13+. The van der Waals surface area contributed by atoms with Gasteiger partial charge in [0.25, 0.3) is 5.91 Å². The molecule has 0 saturated heterocycles. The minimum absolute atomic E-state index is 0.152. The average Bonchev–Trinajstić information content (AvgIpc) is 2.73. The summed E-state index contributed by atoms with van der Waals surface area (Å²) in [5, 5.41) is 9.04. The zero-order chi connectivity index (χ0) is 20.4. The van der Waals surface area contributed by atoms with Crippen LogP contribution in [0, 0.1) is 5.82 Å². The van der Waals surface area contributed by atoms with Crippen LogP contribution in [0.1, 0.15) is 21.5 Å². The van der Waals surface area contributed by atoms with Crippen molar-refractivity contribution in [2.24, 2.45) is 0 Å². The summed E-state index contributed by atoms with van der Waals surface area (Å²) < 4.78 is 13.2. The van der Waals surface area contributed by atoms with E-state index in [1.165, 1.54) is 36.0 Å². The van der Waals surface area contributed by atoms with Crippen LogP contribution in [-0.2, 0) is 11.3 Å². The van der Waals surface area contributed by atoms with Gasteiger partial charge in [-0.1, -0.05) is 48.2 Å². The average molecular weight is 405 g/mol. The first-order valence-electron chi connectivity index (χ1n) is 8.89. The molecule has 1 N–H and O–H groups in total. The van der Waals surface area contributed by atoms with Crippen LogP contribution in [0.5, 0.6) is 0 Å². The fraction of sp³-hybridized carbons (Fsp3) is 0.0435. The number of fused-ring (bicyclic) bond motifs is 1. The Morgan fingerprint density at radius 1 is 1.00 bits per heavy atom. The van der Waals surface area contributed by atoms with Crippen molar-refractivity contribution in [1.29, 1.82) is 0 Å². The highest BCUT2D eigenvalue weighted by Crippen LogP contribution is 2.42. The molecule has 0 aliphatic carbocycles. The number of carboxylic acids is 1. The zero-order valence-corrected chi connectivity index (χ0v) is 16.0. The van der Waals surface area contributed by atoms with Gasteiger partial charge in [0.15, 0.2) is 0 Å². The molecule has 0 unspecified atom stereocenters. The first-order valence-corrected chi connectivity index (χ1v) is 9.71. The highest BCUT2D eigenvalue weighted by atomic mass is 32.2. The third-order valence-electron chi connectivity index (χ3n) is 4.54. The number of para-hydroxylation sites is 1. The third-order valence-corrected chi connectivity index (χ3v) is 5.62. The highest BCUT2D eigenvalue weighted by molar-refractivity contribution is 8.04. The quantitative estimate of drug-likeness (QED) is 0.606. The molecule has 1 amide bonds. The minimum atomic E-state index is -0.994. The van der Waals surface area contributed by atoms with Crippen molar-refractivity contribution in [3.63, 3.8) is 0 Å². The Hall–Kier alpha value is -3.38. The number of aromatic carboxylic acids is 1. The molecule has 144 valence electrons. The molecule has 4 nitrogen and oxygen atoms in total. The Bertz CT molecular complexity index is 1110. The van der Waals surface area contributed by atoms with Gasteiger partial charge in [-0.3, -0.25) is 4.79 Å². The first kappa shape index (κ1) is 19.0. The van der Waals surface area contributed by atoms with Gasteiger partial charge in [0.05, 0.1) is 22.7 Å². The van der Waals surface area contributed by atoms with Crippen LogP contribution in [0.25, 0.3) is 6.08 Å². The van der Waals surface area contributed by atoms with Crippen molar-refractivity contribution < 1.29 is 19.1 Å². The zero-order valence-electron chi connectivity index (χ0n) is 15.2. The molecule has 0 saturated carbocycles. The van der Waals surface area contributed by atoms with Crippen molar-refractivity contribution in [2.45, 2.75) is 11.4 Å². The number of carbonyl (C=O) groups is 2. The molecular weight excluding hydrogens is 389 g/mol. The number of benzene rings is 3. The second-order valence-electron chi connectivity index (χ2n) is 6.52. The van der Waals surface area contributed by atoms with E-state index in [0.29, 0.717) is 11.4 Å². The van der Waals surface area contributed by atoms with Crippen LogP contribution >= 0.6 is 11.8 Å². The number of carbonyl (C=O) groups excluding carboxylic acids is 1. The summed E-state index contributed by atoms with van der Waals surface area (Å²) in [6.45, 7) is 0.325. The summed E-state index contributed by atoms with van der Waals surface area (Å²) in [5.41, 5.74) is 2.57. The van der Waals surface area contributed by atoms with Crippen molar-refractivity contribution in [3.05, 3.63) is 100 Å². The molecule has 0 spiro atoms. The van der Waals surface area contributed by atoms with E-state index in [2.05, 4.69) is 0 Å². The van der Waals surface area contributed by atoms with Crippen LogP contribution < -0.4 is 4.90 Å². The van der Waals surface area contributed by atoms with Crippen LogP contribution in [-0.4, -0.2) is 17.0 Å². The molecule has 0 atom stereocenters. The molecule has 3 aromatic carbocycles. The maximum atomic E-state index is 13.2. The Labute approximate surface area is 171 Å². The second-order valence-corrected chi connectivity index (χ2v) is 7.61. The van der Waals surface area contributed by atoms with E-state index in [1.807, 2.05) is 24.3 Å². The number of anilines is 1. The third kappa shape index (κ3) is 4.07. The highest BCUT2D eigenvalue weighted by Gasteiger charge is 2.29. The second kappa shape index (κ2) is 7.93. The van der Waals surface area contributed by atoms with Crippen LogP contribution in [0.3, 0.4) is 0 Å². The van der Waals surface area contributed by atoms with Gasteiger partial charge in [-0.05, 0) is 53.6 Å². The minimum Gasteiger partial charge on any atom is -0.478 e. The summed E-state index contributed by atoms with van der Waals surface area (Å²) in [6, 6.07) is 20.1. The number of halogens is 1. The smallest absolute Gasteiger partial charge is 0.335 e. The van der Waals surface area contributed by atoms with Gasteiger partial charge < -0.3 is 10.0 Å². The lowest BCUT2D eigenvalue weighted by molar-refractivity contribution is -0.114. The van der Waals surface area contributed by atoms with E-state index in [4.69, 9.17) is 5.11 Å². The number of hydrogen-bond acceptors (Lipinski definition) is 3. The topological polar surface area (TPSA) is 57.6 Å². The maximum Gasteiger partial charge on any atom is 0.335 e. The van der Waals surface area contributed by atoms with E-state index >= 15 is 0 Å². The van der Waals surface area contributed by atoms with E-state index in [9.17, 15) is 14.0 Å². The van der Waals surface area contributed by atoms with E-state index in [-0.39, 0.29) is 17.3 Å². The van der Waals surface area contributed by atoms with Gasteiger partial charge in [0.2, 0.25) is 0 Å². The van der Waals surface area contributed by atoms with Crippen molar-refractivity contribution >= 4 is 35.4 Å². The van der Waals surface area contributed by atoms with E-state index < -0.39 is 5.97 Å². The predicted octanol–water partition coefficient (Wildman–Crippen LogP) is 5.20. The molecule has 1 aliphatic rings. The molecule has 1 heterocycles. The normalized spacial score (nSPS) is 14.7. The number of nitrogens with zero attached hydrogens (tertiary/aromatic N) is 1. The number of amides is 1. The molecule has 4 rings (SSSR count). The number of rotatable bonds is 4. The summed E-state index contributed by atoms with van der Waals surface area (Å²) >= 11 is 1.38. The SMILES string of the molecule is O=C(O)c1ccc(/C=C2/Sc3ccccc3N(Cc3ccc(F)cc3)C2=O)cc1. The number of thioether (sulfide) groups is 1. The Kier molecular flexibility index (Phi) is 5.18. The summed E-state index contributed by atoms with van der Waals surface area (Å²) in [4.78, 5) is 27.4. The van der Waals surface area contributed by atoms with Crippen LogP contribution in [0.4, 0.5) is 10.1 Å². The summed E-state index contributed by atoms with van der Waals surface area (Å²) in [7, 11) is 0. The van der Waals surface area contributed by atoms with Gasteiger partial charge in [-0.2, -0.15) is 0 Å². The van der Waals surface area contributed by atoms with E-state index in [0.717, 1.165) is 21.7 Å². The van der Waals surface area contributed by atoms with Crippen LogP contribution in [0.2, 0.25) is 0 Å². The molecule has 29 heavy (non-hydrogen) atoms. The monoisotopic (exact) mass is 405 g/mol. The molecule has 0 bridgehead atoms. The van der Waals surface area contributed by atoms with E-state index in [1.54, 1.807) is 35.2 Å². The number of carboxylic acid groups (broad SMARTS) is 1. The molecule has 0 radical (unpaired) electrons. The van der Waals surface area contributed by atoms with Gasteiger partial charge in [-0.25, -0.2) is 9.18 Å². The molecule has 0 aromatic heterocycles. The molecule has 0 fully saturated rings. The van der Waals surface area contributed by atoms with Gasteiger partial charge in [0.1, 0.15) is 5.82 Å². The van der Waals surface area contributed by atoms with Gasteiger partial charge in [-0.15, -0.1) is 0 Å². The predicted molar refractivity (Wildman–Crippen MR) is 111 cm³/mol. The number of hydrogen-bond donors (Lipinski definition) is 1. The Morgan fingerprint density at radius 3 is 2.38 bits per heavy atom. The van der Waals surface area contributed by atoms with Gasteiger partial charge in [0, 0.05) is 4.90 Å². The van der Waals surface area contributed by atoms with Crippen molar-refractivity contribution in [2.75, 3.05) is 4.90 Å². The molecular formula is C23H16FNO3S. The first-order chi connectivity index (χ1) is 14.0. The summed E-state index contributed by atoms with van der Waals surface area (Å²) in [5.74, 6) is -1.47. The molecule has 3 aromatic rings. The largest absolute Gasteiger partial charge is 0.478 e. The fourth-order valence-corrected chi connectivity index (χ4v) is 4.12. The van der Waals surface area contributed by atoms with Crippen LogP contribution in [0.15, 0.2) is 82.6 Å². The molecule has 6 heteroatoms. The maximum absolute atomic E-state index is 13.2. The summed E-state index contributed by atoms with van der Waals surface area (Å²) in [6.07, 6.45) is 1.76. The lowest BCUT2D eigenvalue weighted by atomic mass is 10.1. The fourth-order valence-electron chi connectivity index (χ4n) is 3.06. The lowest BCUT2D eigenvalue weighted by Crippen LogP contribution is -2.33. The molecule has 1 aliphatic heterocycles. The van der Waals surface area contributed by atoms with Crippen molar-refractivity contribution in [1.82, 2.24) is 0 Å².